The predicted molar refractivity (Wildman–Crippen MR) is 62.2 cm³/mol. The van der Waals surface area contributed by atoms with Gasteiger partial charge in [-0.3, -0.25) is 0 Å². The Kier molecular flexibility index (Phi) is 8.95. The molecule has 0 aromatic heterocycles. The Balaban J connectivity index is 3.25. The van der Waals surface area contributed by atoms with E-state index in [9.17, 15) is 0 Å². The molecule has 82 valence electrons. The van der Waals surface area contributed by atoms with Crippen LogP contribution in [0.15, 0.2) is 24.5 Å². The smallest absolute Gasteiger partial charge is 0.215 e. The maximum absolute atomic E-state index is 5.72. The van der Waals surface area contributed by atoms with Crippen molar-refractivity contribution in [3.8, 4) is 0 Å². The Bertz CT molecular complexity index is 183. The highest BCUT2D eigenvalue weighted by molar-refractivity contribution is 7.26. The van der Waals surface area contributed by atoms with Crippen molar-refractivity contribution in [3.63, 3.8) is 0 Å². The van der Waals surface area contributed by atoms with Crippen LogP contribution in [0.4, 0.5) is 0 Å². The van der Waals surface area contributed by atoms with Crippen molar-refractivity contribution in [2.24, 2.45) is 5.73 Å². The molecule has 0 aromatic rings. The van der Waals surface area contributed by atoms with Crippen LogP contribution in [0, 0.1) is 0 Å². The van der Waals surface area contributed by atoms with Crippen molar-refractivity contribution in [3.05, 3.63) is 24.5 Å². The summed E-state index contributed by atoms with van der Waals surface area (Å²) in [5, 5.41) is 0. The van der Waals surface area contributed by atoms with Crippen molar-refractivity contribution in [2.75, 3.05) is 6.61 Å². The number of hydrogen-bond donors (Lipinski definition) is 1. The third-order valence-electron chi connectivity index (χ3n) is 1.70. The fraction of sp³-hybridized carbons (Fsp3) is 0.600. The molecule has 0 spiro atoms. The SMILES string of the molecule is C=C(C=CC)OPOCCC(N)CC. The molecular formula is C10H20NO2P. The minimum atomic E-state index is 0.0170. The highest BCUT2D eigenvalue weighted by Crippen LogP contribution is 2.19. The van der Waals surface area contributed by atoms with Gasteiger partial charge in [-0.15, -0.1) is 0 Å². The second-order valence-corrected chi connectivity index (χ2v) is 3.62. The standard InChI is InChI=1S/C10H20NO2P/c1-4-6-9(3)13-14-12-8-7-10(11)5-2/h4,6,10,14H,3,5,7-8,11H2,1-2H3. The van der Waals surface area contributed by atoms with E-state index in [0.29, 0.717) is 12.4 Å². The van der Waals surface area contributed by atoms with Crippen LogP contribution in [0.2, 0.25) is 0 Å². The molecule has 0 bridgehead atoms. The van der Waals surface area contributed by atoms with E-state index in [0.717, 1.165) is 12.8 Å². The zero-order valence-electron chi connectivity index (χ0n) is 8.95. The van der Waals surface area contributed by atoms with Crippen LogP contribution in [0.3, 0.4) is 0 Å². The molecule has 0 rings (SSSR count). The molecular weight excluding hydrogens is 197 g/mol. The second-order valence-electron chi connectivity index (χ2n) is 2.96. The molecule has 2 atom stereocenters. The molecule has 0 amide bonds. The third kappa shape index (κ3) is 8.24. The topological polar surface area (TPSA) is 44.5 Å². The quantitative estimate of drug-likeness (QED) is 0.294. The highest BCUT2D eigenvalue weighted by atomic mass is 31.1. The van der Waals surface area contributed by atoms with E-state index in [2.05, 4.69) is 13.5 Å². The zero-order valence-corrected chi connectivity index (χ0v) is 9.95. The average molecular weight is 217 g/mol. The summed E-state index contributed by atoms with van der Waals surface area (Å²) in [7, 11) is 0.0170. The summed E-state index contributed by atoms with van der Waals surface area (Å²) in [5.74, 6) is 0.630. The van der Waals surface area contributed by atoms with Crippen molar-refractivity contribution < 1.29 is 9.05 Å². The lowest BCUT2D eigenvalue weighted by molar-refractivity contribution is 0.293. The predicted octanol–water partition coefficient (Wildman–Crippen LogP) is 2.75. The van der Waals surface area contributed by atoms with Crippen LogP contribution < -0.4 is 5.73 Å². The molecule has 0 heterocycles. The lowest BCUT2D eigenvalue weighted by atomic mass is 10.2. The molecule has 0 fully saturated rings. The molecule has 0 aromatic carbocycles. The largest absolute Gasteiger partial charge is 0.450 e. The second kappa shape index (κ2) is 9.20. The number of hydrogen-bond acceptors (Lipinski definition) is 3. The van der Waals surface area contributed by atoms with Crippen molar-refractivity contribution in [1.82, 2.24) is 0 Å². The van der Waals surface area contributed by atoms with Gasteiger partial charge in [-0.25, -0.2) is 0 Å². The van der Waals surface area contributed by atoms with Gasteiger partial charge in [-0.1, -0.05) is 19.6 Å². The van der Waals surface area contributed by atoms with Crippen molar-refractivity contribution in [1.29, 1.82) is 0 Å². The van der Waals surface area contributed by atoms with Gasteiger partial charge in [-0.05, 0) is 25.8 Å². The van der Waals surface area contributed by atoms with Crippen LogP contribution in [-0.2, 0) is 9.05 Å². The summed E-state index contributed by atoms with van der Waals surface area (Å²) < 4.78 is 10.4. The zero-order chi connectivity index (χ0) is 10.8. The first-order valence-electron chi connectivity index (χ1n) is 4.81. The summed E-state index contributed by atoms with van der Waals surface area (Å²) in [6.07, 6.45) is 5.54. The molecule has 0 saturated carbocycles. The van der Waals surface area contributed by atoms with Gasteiger partial charge in [0, 0.05) is 6.04 Å². The van der Waals surface area contributed by atoms with Gasteiger partial charge in [0.2, 0.25) is 9.03 Å². The van der Waals surface area contributed by atoms with Gasteiger partial charge in [0.05, 0.1) is 6.61 Å². The molecule has 0 aliphatic heterocycles. The van der Waals surface area contributed by atoms with Crippen LogP contribution >= 0.6 is 9.03 Å². The fourth-order valence-electron chi connectivity index (χ4n) is 0.759. The van der Waals surface area contributed by atoms with Gasteiger partial charge in [-0.2, -0.15) is 0 Å². The molecule has 4 heteroatoms. The van der Waals surface area contributed by atoms with E-state index >= 15 is 0 Å². The average Bonchev–Trinajstić information content (AvgIpc) is 2.17. The maximum atomic E-state index is 5.72. The number of nitrogens with two attached hydrogens (primary N) is 1. The maximum Gasteiger partial charge on any atom is 0.215 e. The van der Waals surface area contributed by atoms with Gasteiger partial charge in [0.15, 0.2) is 0 Å². The molecule has 2 N–H and O–H groups in total. The lowest BCUT2D eigenvalue weighted by Crippen LogP contribution is -2.19. The van der Waals surface area contributed by atoms with E-state index in [4.69, 9.17) is 14.8 Å². The Labute approximate surface area is 88.3 Å². The van der Waals surface area contributed by atoms with Gasteiger partial charge in [0.25, 0.3) is 0 Å². The molecule has 0 radical (unpaired) electrons. The summed E-state index contributed by atoms with van der Waals surface area (Å²) in [6.45, 7) is 8.32. The number of rotatable bonds is 8. The molecule has 14 heavy (non-hydrogen) atoms. The van der Waals surface area contributed by atoms with E-state index in [1.165, 1.54) is 0 Å². The highest BCUT2D eigenvalue weighted by Gasteiger charge is 1.98. The molecule has 0 aliphatic rings. The minimum Gasteiger partial charge on any atom is -0.450 e. The molecule has 0 aliphatic carbocycles. The first-order valence-corrected chi connectivity index (χ1v) is 5.63. The Hall–Kier alpha value is -0.370. The van der Waals surface area contributed by atoms with E-state index in [1.54, 1.807) is 6.08 Å². The van der Waals surface area contributed by atoms with E-state index < -0.39 is 0 Å². The summed E-state index contributed by atoms with van der Waals surface area (Å²) in [5.41, 5.74) is 5.72. The first-order chi connectivity index (χ1) is 6.70. The first kappa shape index (κ1) is 13.6. The van der Waals surface area contributed by atoms with Crippen LogP contribution in [0.1, 0.15) is 26.7 Å². The minimum absolute atomic E-state index is 0.0170. The Morgan fingerprint density at radius 2 is 2.36 bits per heavy atom. The summed E-state index contributed by atoms with van der Waals surface area (Å²) >= 11 is 0. The fourth-order valence-corrected chi connectivity index (χ4v) is 1.19. The van der Waals surface area contributed by atoms with E-state index in [1.807, 2.05) is 13.0 Å². The van der Waals surface area contributed by atoms with Gasteiger partial charge in [0.1, 0.15) is 5.76 Å². The molecule has 2 unspecified atom stereocenters. The van der Waals surface area contributed by atoms with Crippen LogP contribution in [0.25, 0.3) is 0 Å². The van der Waals surface area contributed by atoms with Gasteiger partial charge < -0.3 is 14.8 Å². The Morgan fingerprint density at radius 1 is 1.64 bits per heavy atom. The van der Waals surface area contributed by atoms with Gasteiger partial charge >= 0.3 is 0 Å². The van der Waals surface area contributed by atoms with Crippen molar-refractivity contribution in [2.45, 2.75) is 32.7 Å². The van der Waals surface area contributed by atoms with Crippen LogP contribution in [-0.4, -0.2) is 12.6 Å². The van der Waals surface area contributed by atoms with Crippen LogP contribution in [0.5, 0.6) is 0 Å². The Morgan fingerprint density at radius 3 is 2.93 bits per heavy atom. The lowest BCUT2D eigenvalue weighted by Gasteiger charge is -2.09. The summed E-state index contributed by atoms with van der Waals surface area (Å²) in [6, 6.07) is 0.235. The summed E-state index contributed by atoms with van der Waals surface area (Å²) in [4.78, 5) is 0. The van der Waals surface area contributed by atoms with Crippen molar-refractivity contribution >= 4 is 9.03 Å². The molecule has 3 nitrogen and oxygen atoms in total. The third-order valence-corrected chi connectivity index (χ3v) is 2.37. The molecule has 0 saturated heterocycles. The number of allylic oxidation sites excluding steroid dienone is 2. The monoisotopic (exact) mass is 217 g/mol. The van der Waals surface area contributed by atoms with E-state index in [-0.39, 0.29) is 15.1 Å². The normalized spacial score (nSPS) is 13.9.